The molecule has 5 nitrogen and oxygen atoms in total. The quantitative estimate of drug-likeness (QED) is 0.800. The minimum absolute atomic E-state index is 0.191. The van der Waals surface area contributed by atoms with Crippen molar-refractivity contribution in [1.29, 1.82) is 0 Å². The van der Waals surface area contributed by atoms with E-state index < -0.39 is 9.84 Å². The summed E-state index contributed by atoms with van der Waals surface area (Å²) in [6, 6.07) is 11.0. The van der Waals surface area contributed by atoms with Crippen LogP contribution in [0.5, 0.6) is 5.75 Å². The molecule has 6 heteroatoms. The molecule has 0 saturated carbocycles. The lowest BCUT2D eigenvalue weighted by molar-refractivity contribution is 0.415. The normalized spacial score (nSPS) is 11.2. The van der Waals surface area contributed by atoms with Crippen LogP contribution in [0.3, 0.4) is 0 Å². The summed E-state index contributed by atoms with van der Waals surface area (Å²) in [7, 11) is -2.07. The zero-order valence-electron chi connectivity index (χ0n) is 12.7. The van der Waals surface area contributed by atoms with Crippen LogP contribution < -0.4 is 15.8 Å². The van der Waals surface area contributed by atoms with E-state index in [0.29, 0.717) is 11.4 Å². The van der Waals surface area contributed by atoms with Crippen LogP contribution in [-0.4, -0.2) is 22.1 Å². The van der Waals surface area contributed by atoms with Gasteiger partial charge in [-0.15, -0.1) is 0 Å². The number of ether oxygens (including phenoxy) is 1. The second-order valence-corrected chi connectivity index (χ2v) is 6.81. The highest BCUT2D eigenvalue weighted by molar-refractivity contribution is 7.91. The molecular weight excluding hydrogens is 300 g/mol. The third kappa shape index (κ3) is 3.33. The van der Waals surface area contributed by atoms with Crippen molar-refractivity contribution in [1.82, 2.24) is 0 Å². The molecule has 2 aromatic carbocycles. The number of anilines is 2. The fraction of sp³-hybridized carbons (Fsp3) is 0.250. The average molecular weight is 320 g/mol. The summed E-state index contributed by atoms with van der Waals surface area (Å²) >= 11 is 0. The molecule has 0 aliphatic rings. The number of rotatable bonds is 6. The van der Waals surface area contributed by atoms with Crippen molar-refractivity contribution in [3.8, 4) is 5.75 Å². The van der Waals surface area contributed by atoms with E-state index in [-0.39, 0.29) is 9.79 Å². The standard InChI is InChI=1S/C16H20N2O3S/c1-3-10-18-15-9-8-14(11-16(15)21-2)22(19,20)13-6-4-12(17)5-7-13/h4-9,11,18H,3,10,17H2,1-2H3. The zero-order valence-corrected chi connectivity index (χ0v) is 13.5. The summed E-state index contributed by atoms with van der Waals surface area (Å²) in [5.74, 6) is 0.505. The third-order valence-corrected chi connectivity index (χ3v) is 5.01. The van der Waals surface area contributed by atoms with Crippen LogP contribution in [0.25, 0.3) is 0 Å². The summed E-state index contributed by atoms with van der Waals surface area (Å²) in [4.78, 5) is 0.397. The molecule has 118 valence electrons. The molecule has 0 fully saturated rings. The van der Waals surface area contributed by atoms with E-state index in [0.717, 1.165) is 18.7 Å². The van der Waals surface area contributed by atoms with Gasteiger partial charge in [-0.3, -0.25) is 0 Å². The lowest BCUT2D eigenvalue weighted by atomic mass is 10.3. The molecule has 0 aromatic heterocycles. The maximum Gasteiger partial charge on any atom is 0.206 e. The number of benzene rings is 2. The second-order valence-electron chi connectivity index (χ2n) is 4.86. The van der Waals surface area contributed by atoms with Crippen molar-refractivity contribution >= 4 is 21.2 Å². The predicted molar refractivity (Wildman–Crippen MR) is 88.1 cm³/mol. The second kappa shape index (κ2) is 6.70. The topological polar surface area (TPSA) is 81.4 Å². The Balaban J connectivity index is 2.41. The third-order valence-electron chi connectivity index (χ3n) is 3.24. The van der Waals surface area contributed by atoms with Crippen molar-refractivity contribution in [3.05, 3.63) is 42.5 Å². The molecule has 0 radical (unpaired) electrons. The number of hydrogen-bond acceptors (Lipinski definition) is 5. The van der Waals surface area contributed by atoms with Crippen molar-refractivity contribution in [2.24, 2.45) is 0 Å². The van der Waals surface area contributed by atoms with Crippen molar-refractivity contribution in [2.45, 2.75) is 23.1 Å². The number of nitrogens with two attached hydrogens (primary N) is 1. The molecule has 3 N–H and O–H groups in total. The van der Waals surface area contributed by atoms with E-state index in [1.165, 1.54) is 25.3 Å². The van der Waals surface area contributed by atoms with Gasteiger partial charge in [-0.1, -0.05) is 6.92 Å². The maximum atomic E-state index is 12.6. The summed E-state index contributed by atoms with van der Waals surface area (Å²) in [5, 5.41) is 3.20. The monoisotopic (exact) mass is 320 g/mol. The molecule has 0 bridgehead atoms. The highest BCUT2D eigenvalue weighted by atomic mass is 32.2. The Morgan fingerprint density at radius 2 is 1.73 bits per heavy atom. The molecule has 0 aliphatic heterocycles. The van der Waals surface area contributed by atoms with Crippen molar-refractivity contribution in [2.75, 3.05) is 24.7 Å². The Labute approximate surface area is 131 Å². The largest absolute Gasteiger partial charge is 0.495 e. The summed E-state index contributed by atoms with van der Waals surface area (Å²) in [6.07, 6.45) is 0.967. The van der Waals surface area contributed by atoms with E-state index in [2.05, 4.69) is 12.2 Å². The van der Waals surface area contributed by atoms with E-state index in [9.17, 15) is 8.42 Å². The molecule has 0 heterocycles. The van der Waals surface area contributed by atoms with Crippen LogP contribution in [-0.2, 0) is 9.84 Å². The van der Waals surface area contributed by atoms with Gasteiger partial charge in [0.25, 0.3) is 0 Å². The predicted octanol–water partition coefficient (Wildman–Crippen LogP) is 2.93. The van der Waals surface area contributed by atoms with Gasteiger partial charge < -0.3 is 15.8 Å². The molecule has 2 rings (SSSR count). The smallest absolute Gasteiger partial charge is 0.206 e. The van der Waals surface area contributed by atoms with Gasteiger partial charge in [0.1, 0.15) is 5.75 Å². The van der Waals surface area contributed by atoms with E-state index in [1.807, 2.05) is 0 Å². The molecule has 0 aliphatic carbocycles. The van der Waals surface area contributed by atoms with Crippen LogP contribution in [0.1, 0.15) is 13.3 Å². The SMILES string of the molecule is CCCNc1ccc(S(=O)(=O)c2ccc(N)cc2)cc1OC. The van der Waals surface area contributed by atoms with Gasteiger partial charge in [0.2, 0.25) is 9.84 Å². The van der Waals surface area contributed by atoms with Gasteiger partial charge in [0.05, 0.1) is 22.6 Å². The van der Waals surface area contributed by atoms with E-state index in [1.54, 1.807) is 24.3 Å². The molecular formula is C16H20N2O3S. The molecule has 0 saturated heterocycles. The first kappa shape index (κ1) is 16.2. The number of nitrogens with one attached hydrogen (secondary N) is 1. The minimum atomic E-state index is -3.59. The number of nitrogen functional groups attached to an aromatic ring is 1. The molecule has 0 atom stereocenters. The Bertz CT molecular complexity index is 740. The van der Waals surface area contributed by atoms with Crippen LogP contribution in [0, 0.1) is 0 Å². The molecule has 0 spiro atoms. The maximum absolute atomic E-state index is 12.6. The van der Waals surface area contributed by atoms with Gasteiger partial charge >= 0.3 is 0 Å². The Morgan fingerprint density at radius 1 is 1.09 bits per heavy atom. The molecule has 0 unspecified atom stereocenters. The summed E-state index contributed by atoms with van der Waals surface area (Å²) < 4.78 is 30.5. The Morgan fingerprint density at radius 3 is 2.32 bits per heavy atom. The summed E-state index contributed by atoms with van der Waals surface area (Å²) in [5.41, 5.74) is 6.90. The lowest BCUT2D eigenvalue weighted by Crippen LogP contribution is -2.05. The zero-order chi connectivity index (χ0) is 16.2. The van der Waals surface area contributed by atoms with Gasteiger partial charge in [0, 0.05) is 18.3 Å². The van der Waals surface area contributed by atoms with Crippen LogP contribution >= 0.6 is 0 Å². The van der Waals surface area contributed by atoms with Gasteiger partial charge in [0.15, 0.2) is 0 Å². The fourth-order valence-corrected chi connectivity index (χ4v) is 3.30. The first-order chi connectivity index (χ1) is 10.5. The first-order valence-corrected chi connectivity index (χ1v) is 8.50. The highest BCUT2D eigenvalue weighted by Crippen LogP contribution is 2.30. The van der Waals surface area contributed by atoms with Crippen LogP contribution in [0.4, 0.5) is 11.4 Å². The molecule has 2 aromatic rings. The highest BCUT2D eigenvalue weighted by Gasteiger charge is 2.19. The lowest BCUT2D eigenvalue weighted by Gasteiger charge is -2.12. The molecule has 22 heavy (non-hydrogen) atoms. The fourth-order valence-electron chi connectivity index (χ4n) is 2.03. The molecule has 0 amide bonds. The summed E-state index contributed by atoms with van der Waals surface area (Å²) in [6.45, 7) is 2.85. The Hall–Kier alpha value is -2.21. The Kier molecular flexibility index (Phi) is 4.92. The van der Waals surface area contributed by atoms with Gasteiger partial charge in [-0.05, 0) is 42.8 Å². The minimum Gasteiger partial charge on any atom is -0.495 e. The first-order valence-electron chi connectivity index (χ1n) is 7.01. The van der Waals surface area contributed by atoms with E-state index >= 15 is 0 Å². The average Bonchev–Trinajstić information content (AvgIpc) is 2.53. The number of hydrogen-bond donors (Lipinski definition) is 2. The van der Waals surface area contributed by atoms with Crippen LogP contribution in [0.15, 0.2) is 52.3 Å². The van der Waals surface area contributed by atoms with Crippen molar-refractivity contribution in [3.63, 3.8) is 0 Å². The number of sulfone groups is 1. The van der Waals surface area contributed by atoms with E-state index in [4.69, 9.17) is 10.5 Å². The van der Waals surface area contributed by atoms with Crippen LogP contribution in [0.2, 0.25) is 0 Å². The van der Waals surface area contributed by atoms with Gasteiger partial charge in [-0.25, -0.2) is 8.42 Å². The van der Waals surface area contributed by atoms with Gasteiger partial charge in [-0.2, -0.15) is 0 Å². The number of methoxy groups -OCH3 is 1. The van der Waals surface area contributed by atoms with Crippen molar-refractivity contribution < 1.29 is 13.2 Å².